The summed E-state index contributed by atoms with van der Waals surface area (Å²) in [7, 11) is 3.13. The van der Waals surface area contributed by atoms with Crippen molar-refractivity contribution in [1.29, 1.82) is 0 Å². The van der Waals surface area contributed by atoms with Crippen molar-refractivity contribution in [2.45, 2.75) is 38.6 Å². The molecule has 2 aromatic carbocycles. The second kappa shape index (κ2) is 8.57. The van der Waals surface area contributed by atoms with Gasteiger partial charge in [-0.3, -0.25) is 20.2 Å². The van der Waals surface area contributed by atoms with E-state index in [1.165, 1.54) is 0 Å². The summed E-state index contributed by atoms with van der Waals surface area (Å²) >= 11 is 0. The van der Waals surface area contributed by atoms with Gasteiger partial charge in [0.15, 0.2) is 0 Å². The highest BCUT2D eigenvalue weighted by molar-refractivity contribution is 6.10. The second-order valence-corrected chi connectivity index (χ2v) is 8.14. The van der Waals surface area contributed by atoms with Crippen LogP contribution in [0.1, 0.15) is 54.7 Å². The molecule has 158 valence electrons. The number of rotatable bonds is 4. The van der Waals surface area contributed by atoms with Crippen LogP contribution in [0.15, 0.2) is 47.5 Å². The summed E-state index contributed by atoms with van der Waals surface area (Å²) in [5.74, 6) is 0.774. The molecule has 30 heavy (non-hydrogen) atoms. The first-order valence-corrected chi connectivity index (χ1v) is 9.72. The number of amides is 2. The van der Waals surface area contributed by atoms with E-state index in [1.807, 2.05) is 12.1 Å². The van der Waals surface area contributed by atoms with Gasteiger partial charge in [-0.2, -0.15) is 0 Å². The highest BCUT2D eigenvalue weighted by atomic mass is 16.5. The van der Waals surface area contributed by atoms with E-state index in [0.29, 0.717) is 22.6 Å². The molecule has 0 fully saturated rings. The Hall–Kier alpha value is -3.35. The average molecular weight is 409 g/mol. The Bertz CT molecular complexity index is 975. The molecule has 2 aromatic rings. The molecular formula is C23H27N3O4. The van der Waals surface area contributed by atoms with Gasteiger partial charge in [0.2, 0.25) is 11.9 Å². The maximum Gasteiger partial charge on any atom is 0.257 e. The lowest BCUT2D eigenvalue weighted by atomic mass is 9.87. The van der Waals surface area contributed by atoms with Crippen LogP contribution >= 0.6 is 0 Å². The van der Waals surface area contributed by atoms with E-state index < -0.39 is 6.04 Å². The number of aliphatic imine (C=N–C) groups is 1. The first-order chi connectivity index (χ1) is 14.2. The van der Waals surface area contributed by atoms with Crippen LogP contribution in [-0.2, 0) is 10.2 Å². The van der Waals surface area contributed by atoms with Gasteiger partial charge in [-0.15, -0.1) is 0 Å². The van der Waals surface area contributed by atoms with Crippen LogP contribution in [0.5, 0.6) is 11.5 Å². The van der Waals surface area contributed by atoms with E-state index in [1.54, 1.807) is 44.6 Å². The van der Waals surface area contributed by atoms with Crippen LogP contribution in [0.4, 0.5) is 0 Å². The lowest BCUT2D eigenvalue weighted by Gasteiger charge is -2.23. The van der Waals surface area contributed by atoms with Gasteiger partial charge in [0.05, 0.1) is 26.7 Å². The van der Waals surface area contributed by atoms with Gasteiger partial charge in [-0.05, 0) is 41.3 Å². The van der Waals surface area contributed by atoms with E-state index >= 15 is 0 Å². The number of hydrogen-bond donors (Lipinski definition) is 2. The zero-order valence-electron chi connectivity index (χ0n) is 17.9. The first-order valence-electron chi connectivity index (χ1n) is 9.72. The summed E-state index contributed by atoms with van der Waals surface area (Å²) in [5.41, 5.74) is 2.33. The highest BCUT2D eigenvalue weighted by Crippen LogP contribution is 2.34. The molecule has 0 saturated carbocycles. The van der Waals surface area contributed by atoms with Crippen molar-refractivity contribution in [2.24, 2.45) is 4.99 Å². The molecule has 3 rings (SSSR count). The third-order valence-corrected chi connectivity index (χ3v) is 4.96. The van der Waals surface area contributed by atoms with E-state index in [-0.39, 0.29) is 29.6 Å². The largest absolute Gasteiger partial charge is 0.497 e. The summed E-state index contributed by atoms with van der Waals surface area (Å²) < 4.78 is 10.7. The van der Waals surface area contributed by atoms with E-state index in [2.05, 4.69) is 36.4 Å². The summed E-state index contributed by atoms with van der Waals surface area (Å²) in [6, 6.07) is 12.2. The minimum absolute atomic E-state index is 0.000544. The van der Waals surface area contributed by atoms with Crippen molar-refractivity contribution < 1.29 is 19.1 Å². The number of nitrogens with zero attached hydrogens (tertiary/aromatic N) is 1. The Balaban J connectivity index is 1.83. The number of nitrogens with one attached hydrogen (secondary N) is 2. The normalized spacial score (nSPS) is 16.4. The number of guanidine groups is 1. The van der Waals surface area contributed by atoms with Crippen molar-refractivity contribution in [3.05, 3.63) is 59.2 Å². The fourth-order valence-electron chi connectivity index (χ4n) is 3.24. The zero-order chi connectivity index (χ0) is 21.9. The Morgan fingerprint density at radius 1 is 1.10 bits per heavy atom. The minimum atomic E-state index is -0.498. The predicted octanol–water partition coefficient (Wildman–Crippen LogP) is 3.35. The number of ether oxygens (including phenoxy) is 2. The fourth-order valence-corrected chi connectivity index (χ4v) is 3.24. The molecule has 0 bridgehead atoms. The Morgan fingerprint density at radius 3 is 2.40 bits per heavy atom. The van der Waals surface area contributed by atoms with E-state index in [0.717, 1.165) is 5.56 Å². The smallest absolute Gasteiger partial charge is 0.257 e. The number of methoxy groups -OCH3 is 2. The van der Waals surface area contributed by atoms with Crippen molar-refractivity contribution in [3.8, 4) is 11.5 Å². The summed E-state index contributed by atoms with van der Waals surface area (Å²) in [5, 5.41) is 5.32. The molecular weight excluding hydrogens is 382 g/mol. The van der Waals surface area contributed by atoms with Crippen molar-refractivity contribution in [2.75, 3.05) is 14.2 Å². The molecule has 1 heterocycles. The average Bonchev–Trinajstić information content (AvgIpc) is 2.72. The van der Waals surface area contributed by atoms with Gasteiger partial charge in [0.25, 0.3) is 5.91 Å². The number of carbonyl (C=O) groups excluding carboxylic acids is 2. The van der Waals surface area contributed by atoms with Gasteiger partial charge in [-0.1, -0.05) is 32.9 Å². The van der Waals surface area contributed by atoms with Crippen LogP contribution in [0.3, 0.4) is 0 Å². The van der Waals surface area contributed by atoms with Crippen LogP contribution in [0, 0.1) is 0 Å². The van der Waals surface area contributed by atoms with Crippen LogP contribution in [0.25, 0.3) is 0 Å². The predicted molar refractivity (Wildman–Crippen MR) is 115 cm³/mol. The third kappa shape index (κ3) is 4.79. The second-order valence-electron chi connectivity index (χ2n) is 8.14. The lowest BCUT2D eigenvalue weighted by molar-refractivity contribution is -0.120. The summed E-state index contributed by atoms with van der Waals surface area (Å²) in [6.45, 7) is 6.34. The molecule has 1 aliphatic rings. The third-order valence-electron chi connectivity index (χ3n) is 4.96. The maximum atomic E-state index is 12.7. The molecule has 1 aliphatic heterocycles. The van der Waals surface area contributed by atoms with Crippen LogP contribution in [-0.4, -0.2) is 32.0 Å². The van der Waals surface area contributed by atoms with Gasteiger partial charge >= 0.3 is 0 Å². The number of hydrogen-bond acceptors (Lipinski definition) is 5. The first kappa shape index (κ1) is 21.4. The molecule has 7 nitrogen and oxygen atoms in total. The van der Waals surface area contributed by atoms with Gasteiger partial charge in [-0.25, -0.2) is 4.99 Å². The van der Waals surface area contributed by atoms with Gasteiger partial charge in [0, 0.05) is 11.1 Å². The summed E-state index contributed by atoms with van der Waals surface area (Å²) in [6.07, 6.45) is 0.142. The number of benzene rings is 2. The molecule has 2 N–H and O–H groups in total. The quantitative estimate of drug-likeness (QED) is 0.811. The Labute approximate surface area is 176 Å². The molecule has 2 amide bonds. The zero-order valence-corrected chi connectivity index (χ0v) is 17.9. The highest BCUT2D eigenvalue weighted by Gasteiger charge is 2.26. The molecule has 0 aromatic heterocycles. The van der Waals surface area contributed by atoms with Crippen LogP contribution in [0.2, 0.25) is 0 Å². The molecule has 0 spiro atoms. The topological polar surface area (TPSA) is 89.0 Å². The van der Waals surface area contributed by atoms with E-state index in [4.69, 9.17) is 9.47 Å². The molecule has 1 unspecified atom stereocenters. The molecule has 7 heteroatoms. The SMILES string of the molecule is COc1ccc(OC)c(C2CC(=O)NC(NC(=O)c3ccc(C(C)(C)C)cc3)=N2)c1. The molecule has 0 aliphatic carbocycles. The number of carbonyl (C=O) groups is 2. The lowest BCUT2D eigenvalue weighted by Crippen LogP contribution is -2.47. The van der Waals surface area contributed by atoms with Crippen molar-refractivity contribution in [1.82, 2.24) is 10.6 Å². The maximum absolute atomic E-state index is 12.7. The standard InChI is InChI=1S/C23H27N3O4/c1-23(2,3)15-8-6-14(7-9-15)21(28)26-22-24-18(13-20(27)25-22)17-12-16(29-4)10-11-19(17)30-5/h6-12,18H,13H2,1-5H3,(H2,24,25,26,27,28). The van der Waals surface area contributed by atoms with Crippen molar-refractivity contribution in [3.63, 3.8) is 0 Å². The Morgan fingerprint density at radius 2 is 1.80 bits per heavy atom. The van der Waals surface area contributed by atoms with Crippen LogP contribution < -0.4 is 20.1 Å². The molecule has 1 atom stereocenters. The monoisotopic (exact) mass is 409 g/mol. The Kier molecular flexibility index (Phi) is 6.10. The molecule has 0 radical (unpaired) electrons. The van der Waals surface area contributed by atoms with Gasteiger partial charge in [0.1, 0.15) is 11.5 Å². The van der Waals surface area contributed by atoms with E-state index in [9.17, 15) is 9.59 Å². The van der Waals surface area contributed by atoms with Crippen molar-refractivity contribution >= 4 is 17.8 Å². The van der Waals surface area contributed by atoms with Gasteiger partial charge < -0.3 is 9.47 Å². The minimum Gasteiger partial charge on any atom is -0.497 e. The molecule has 0 saturated heterocycles. The summed E-state index contributed by atoms with van der Waals surface area (Å²) in [4.78, 5) is 29.5. The fraction of sp³-hybridized carbons (Fsp3) is 0.348.